The monoisotopic (exact) mass is 442 g/mol. The van der Waals surface area contributed by atoms with Gasteiger partial charge in [0.25, 0.3) is 6.43 Å². The summed E-state index contributed by atoms with van der Waals surface area (Å²) >= 11 is 5.97. The van der Waals surface area contributed by atoms with Crippen molar-refractivity contribution >= 4 is 29.0 Å². The highest BCUT2D eigenvalue weighted by atomic mass is 35.5. The lowest BCUT2D eigenvalue weighted by Crippen LogP contribution is -2.21. The summed E-state index contributed by atoms with van der Waals surface area (Å²) in [5, 5.41) is 21.3. The second-order valence-electron chi connectivity index (χ2n) is 6.22. The molecule has 3 aromatic rings. The van der Waals surface area contributed by atoms with Gasteiger partial charge in [-0.1, -0.05) is 17.7 Å². The first-order chi connectivity index (χ1) is 14.2. The Bertz CT molecular complexity index is 1110. The van der Waals surface area contributed by atoms with Crippen LogP contribution in [0.15, 0.2) is 30.5 Å². The van der Waals surface area contributed by atoms with Crippen molar-refractivity contribution in [1.29, 1.82) is 0 Å². The minimum atomic E-state index is -3.15. The summed E-state index contributed by atoms with van der Waals surface area (Å²) in [4.78, 5) is 22.3. The summed E-state index contributed by atoms with van der Waals surface area (Å²) in [6.07, 6.45) is -1.60. The van der Waals surface area contributed by atoms with Crippen LogP contribution in [0, 0.1) is 22.9 Å². The van der Waals surface area contributed by atoms with E-state index in [2.05, 4.69) is 15.5 Å². The number of alkyl halides is 2. The lowest BCUT2D eigenvalue weighted by atomic mass is 10.2. The van der Waals surface area contributed by atoms with E-state index in [9.17, 15) is 28.1 Å². The molecule has 0 saturated carbocycles. The van der Waals surface area contributed by atoms with E-state index in [-0.39, 0.29) is 23.1 Å². The van der Waals surface area contributed by atoms with E-state index >= 15 is 0 Å². The Morgan fingerprint density at radius 2 is 2.07 bits per heavy atom. The highest BCUT2D eigenvalue weighted by Gasteiger charge is 2.31. The maximum absolute atomic E-state index is 13.1. The van der Waals surface area contributed by atoms with Gasteiger partial charge in [-0.3, -0.25) is 24.3 Å². The molecule has 0 fully saturated rings. The second-order valence-corrected chi connectivity index (χ2v) is 6.62. The molecule has 0 bridgehead atoms. The van der Waals surface area contributed by atoms with E-state index in [0.717, 1.165) is 4.68 Å². The lowest BCUT2D eigenvalue weighted by Gasteiger charge is -2.06. The third kappa shape index (κ3) is 4.59. The molecule has 0 atom stereocenters. The van der Waals surface area contributed by atoms with Crippen LogP contribution in [-0.4, -0.2) is 30.4 Å². The molecule has 1 aromatic carbocycles. The predicted molar refractivity (Wildman–Crippen MR) is 99.9 cm³/mol. The number of nitrogens with one attached hydrogen (secondary N) is 1. The maximum Gasteiger partial charge on any atom is 0.319 e. The van der Waals surface area contributed by atoms with Gasteiger partial charge in [-0.2, -0.15) is 10.2 Å². The molecule has 0 unspecified atom stereocenters. The molecule has 158 valence electrons. The molecular weight excluding hydrogens is 429 g/mol. The Kier molecular flexibility index (Phi) is 6.06. The SMILES string of the molecule is Cc1c([N+](=O)[O-])c(C(F)F)nn1CC(=O)Nc1ccn(Cc2ccc(F)cc2Cl)n1. The molecule has 0 saturated heterocycles. The van der Waals surface area contributed by atoms with Crippen LogP contribution in [0.3, 0.4) is 0 Å². The largest absolute Gasteiger partial charge is 0.319 e. The van der Waals surface area contributed by atoms with Gasteiger partial charge in [-0.25, -0.2) is 13.2 Å². The third-order valence-electron chi connectivity index (χ3n) is 4.14. The molecule has 0 radical (unpaired) electrons. The molecule has 9 nitrogen and oxygen atoms in total. The molecule has 2 aromatic heterocycles. The van der Waals surface area contributed by atoms with Crippen molar-refractivity contribution in [2.24, 2.45) is 0 Å². The number of carbonyl (C=O) groups is 1. The summed E-state index contributed by atoms with van der Waals surface area (Å²) in [6.45, 7) is 0.929. The van der Waals surface area contributed by atoms with E-state index < -0.39 is 41.0 Å². The predicted octanol–water partition coefficient (Wildman–Crippen LogP) is 3.71. The Morgan fingerprint density at radius 3 is 2.67 bits per heavy atom. The number of hydrogen-bond acceptors (Lipinski definition) is 5. The summed E-state index contributed by atoms with van der Waals surface area (Å²) in [7, 11) is 0. The highest BCUT2D eigenvalue weighted by molar-refractivity contribution is 6.31. The van der Waals surface area contributed by atoms with Crippen molar-refractivity contribution in [3.05, 3.63) is 68.4 Å². The summed E-state index contributed by atoms with van der Waals surface area (Å²) < 4.78 is 41.4. The van der Waals surface area contributed by atoms with Crippen molar-refractivity contribution in [2.45, 2.75) is 26.4 Å². The van der Waals surface area contributed by atoms with Crippen LogP contribution in [0.1, 0.15) is 23.4 Å². The fourth-order valence-electron chi connectivity index (χ4n) is 2.75. The number of nitrogens with zero attached hydrogens (tertiary/aromatic N) is 5. The number of aromatic nitrogens is 4. The molecule has 30 heavy (non-hydrogen) atoms. The van der Waals surface area contributed by atoms with E-state index in [1.807, 2.05) is 0 Å². The van der Waals surface area contributed by atoms with E-state index in [1.54, 1.807) is 6.20 Å². The van der Waals surface area contributed by atoms with Crippen LogP contribution in [0.5, 0.6) is 0 Å². The standard InChI is InChI=1S/C17H14ClF3N6O3/c1-9-16(27(29)30)15(17(20)21)24-26(9)8-14(28)22-13-4-5-25(23-13)7-10-2-3-11(19)6-12(10)18/h2-6,17H,7-8H2,1H3,(H,22,23,28). The van der Waals surface area contributed by atoms with Gasteiger partial charge in [0, 0.05) is 17.3 Å². The van der Waals surface area contributed by atoms with Crippen LogP contribution >= 0.6 is 11.6 Å². The number of benzene rings is 1. The zero-order valence-corrected chi connectivity index (χ0v) is 16.1. The zero-order chi connectivity index (χ0) is 22.0. The molecule has 0 aliphatic heterocycles. The van der Waals surface area contributed by atoms with Gasteiger partial charge >= 0.3 is 5.69 Å². The molecule has 2 heterocycles. The van der Waals surface area contributed by atoms with Crippen LogP contribution in [0.25, 0.3) is 0 Å². The number of hydrogen-bond donors (Lipinski definition) is 1. The minimum absolute atomic E-state index is 0.159. The average molecular weight is 443 g/mol. The van der Waals surface area contributed by atoms with Crippen LogP contribution in [-0.2, 0) is 17.9 Å². The Balaban J connectivity index is 1.69. The lowest BCUT2D eigenvalue weighted by molar-refractivity contribution is -0.386. The third-order valence-corrected chi connectivity index (χ3v) is 4.49. The fourth-order valence-corrected chi connectivity index (χ4v) is 2.97. The van der Waals surface area contributed by atoms with Crippen molar-refractivity contribution in [3.63, 3.8) is 0 Å². The summed E-state index contributed by atoms with van der Waals surface area (Å²) in [5.74, 6) is -0.977. The molecular formula is C17H14ClF3N6O3. The van der Waals surface area contributed by atoms with Crippen LogP contribution < -0.4 is 5.32 Å². The second kappa shape index (κ2) is 8.53. The first-order valence-corrected chi connectivity index (χ1v) is 8.80. The summed E-state index contributed by atoms with van der Waals surface area (Å²) in [5.41, 5.74) is -1.37. The van der Waals surface area contributed by atoms with Crippen LogP contribution in [0.4, 0.5) is 24.7 Å². The smallest absolute Gasteiger partial charge is 0.308 e. The topological polar surface area (TPSA) is 108 Å². The Morgan fingerprint density at radius 1 is 1.33 bits per heavy atom. The van der Waals surface area contributed by atoms with Crippen molar-refractivity contribution in [1.82, 2.24) is 19.6 Å². The quantitative estimate of drug-likeness (QED) is 0.443. The van der Waals surface area contributed by atoms with Gasteiger partial charge in [0.15, 0.2) is 5.82 Å². The van der Waals surface area contributed by atoms with Gasteiger partial charge < -0.3 is 5.32 Å². The Labute approximate surface area is 172 Å². The molecule has 1 amide bonds. The number of nitro groups is 1. The average Bonchev–Trinajstić information content (AvgIpc) is 3.22. The Hall–Kier alpha value is -3.41. The highest BCUT2D eigenvalue weighted by Crippen LogP contribution is 2.30. The normalized spacial score (nSPS) is 11.1. The van der Waals surface area contributed by atoms with Crippen molar-refractivity contribution < 1.29 is 22.9 Å². The molecule has 13 heteroatoms. The number of carbonyl (C=O) groups excluding carboxylic acids is 1. The van der Waals surface area contributed by atoms with Gasteiger partial charge in [0.1, 0.15) is 18.1 Å². The molecule has 3 rings (SSSR count). The van der Waals surface area contributed by atoms with Gasteiger partial charge in [-0.15, -0.1) is 0 Å². The van der Waals surface area contributed by atoms with Crippen molar-refractivity contribution in [2.75, 3.05) is 5.32 Å². The number of rotatable bonds is 7. The molecule has 1 N–H and O–H groups in total. The number of amides is 1. The molecule has 0 aliphatic rings. The van der Waals surface area contributed by atoms with Crippen molar-refractivity contribution in [3.8, 4) is 0 Å². The van der Waals surface area contributed by atoms with E-state index in [0.29, 0.717) is 5.56 Å². The van der Waals surface area contributed by atoms with Gasteiger partial charge in [0.2, 0.25) is 11.6 Å². The van der Waals surface area contributed by atoms with Gasteiger partial charge in [0.05, 0.1) is 11.5 Å². The maximum atomic E-state index is 13.1. The first kappa shape index (κ1) is 21.3. The minimum Gasteiger partial charge on any atom is -0.308 e. The van der Waals surface area contributed by atoms with E-state index in [4.69, 9.17) is 11.6 Å². The number of halogens is 4. The fraction of sp³-hybridized carbons (Fsp3) is 0.235. The van der Waals surface area contributed by atoms with Crippen LogP contribution in [0.2, 0.25) is 5.02 Å². The van der Waals surface area contributed by atoms with E-state index in [1.165, 1.54) is 35.9 Å². The first-order valence-electron chi connectivity index (χ1n) is 8.42. The molecule has 0 aliphatic carbocycles. The zero-order valence-electron chi connectivity index (χ0n) is 15.4. The van der Waals surface area contributed by atoms with Gasteiger partial charge in [-0.05, 0) is 24.6 Å². The summed E-state index contributed by atoms with van der Waals surface area (Å²) in [6, 6.07) is 5.42. The number of anilines is 1. The molecule has 0 spiro atoms.